The van der Waals surface area contributed by atoms with Crippen LogP contribution in [0.1, 0.15) is 35.7 Å². The summed E-state index contributed by atoms with van der Waals surface area (Å²) in [5.74, 6) is 1.32. The van der Waals surface area contributed by atoms with Gasteiger partial charge in [-0.3, -0.25) is 4.79 Å². The van der Waals surface area contributed by atoms with Crippen LogP contribution in [0, 0.1) is 31.1 Å². The van der Waals surface area contributed by atoms with Crippen LogP contribution in [0.3, 0.4) is 0 Å². The summed E-state index contributed by atoms with van der Waals surface area (Å²) in [7, 11) is 1.56. The SMILES string of the molecule is COc1nc(C)c(Nc2nc(Cl)cn([C@H](COc3ccc(C#N)cn3)C3CC3)c2=O)cc1C. The molecule has 4 rings (SSSR count). The Kier molecular flexibility index (Phi) is 6.47. The highest BCUT2D eigenvalue weighted by atomic mass is 35.5. The van der Waals surface area contributed by atoms with Crippen molar-refractivity contribution in [2.24, 2.45) is 5.92 Å². The molecule has 1 fully saturated rings. The van der Waals surface area contributed by atoms with E-state index in [4.69, 9.17) is 26.3 Å². The molecular weight excluding hydrogens is 444 g/mol. The Labute approximate surface area is 196 Å². The molecule has 170 valence electrons. The number of hydrogen-bond acceptors (Lipinski definition) is 8. The quantitative estimate of drug-likeness (QED) is 0.530. The standard InChI is InChI=1S/C23H23ClN6O3/c1-13-8-17(14(2)27-22(13)32-3)28-21-23(31)30(11-19(24)29-21)18(16-5-6-16)12-33-20-7-4-15(9-25)10-26-20/h4,7-8,10-11,16,18H,5-6,12H2,1-3H3,(H,28,29)/t18-/m1/s1. The summed E-state index contributed by atoms with van der Waals surface area (Å²) in [4.78, 5) is 26.1. The molecule has 0 amide bonds. The molecule has 1 aliphatic rings. The number of nitrogens with one attached hydrogen (secondary N) is 1. The molecule has 3 heterocycles. The zero-order valence-corrected chi connectivity index (χ0v) is 19.3. The zero-order chi connectivity index (χ0) is 23.5. The number of aryl methyl sites for hydroxylation is 2. The number of aromatic nitrogens is 4. The molecule has 9 nitrogen and oxygen atoms in total. The zero-order valence-electron chi connectivity index (χ0n) is 18.5. The number of anilines is 2. The van der Waals surface area contributed by atoms with Crippen LogP contribution in [0.15, 0.2) is 35.4 Å². The van der Waals surface area contributed by atoms with Crippen molar-refractivity contribution in [3.05, 3.63) is 62.9 Å². The lowest BCUT2D eigenvalue weighted by atomic mass is 10.2. The first-order valence-corrected chi connectivity index (χ1v) is 10.8. The number of methoxy groups -OCH3 is 1. The van der Waals surface area contributed by atoms with E-state index in [-0.39, 0.29) is 29.2 Å². The summed E-state index contributed by atoms with van der Waals surface area (Å²) in [6.45, 7) is 3.93. The van der Waals surface area contributed by atoms with Gasteiger partial charge in [0.05, 0.1) is 30.1 Å². The van der Waals surface area contributed by atoms with Crippen molar-refractivity contribution in [2.75, 3.05) is 19.0 Å². The van der Waals surface area contributed by atoms with Crippen LogP contribution in [-0.4, -0.2) is 33.2 Å². The molecule has 0 radical (unpaired) electrons. The number of halogens is 1. The maximum absolute atomic E-state index is 13.3. The van der Waals surface area contributed by atoms with Gasteiger partial charge in [-0.2, -0.15) is 5.26 Å². The van der Waals surface area contributed by atoms with Crippen LogP contribution in [0.4, 0.5) is 11.5 Å². The molecule has 33 heavy (non-hydrogen) atoms. The highest BCUT2D eigenvalue weighted by molar-refractivity contribution is 6.29. The fourth-order valence-corrected chi connectivity index (χ4v) is 3.77. The maximum Gasteiger partial charge on any atom is 0.294 e. The normalized spacial score (nSPS) is 13.8. The largest absolute Gasteiger partial charge is 0.481 e. The smallest absolute Gasteiger partial charge is 0.294 e. The monoisotopic (exact) mass is 466 g/mol. The van der Waals surface area contributed by atoms with E-state index in [2.05, 4.69) is 20.3 Å². The van der Waals surface area contributed by atoms with Crippen molar-refractivity contribution in [1.29, 1.82) is 5.26 Å². The minimum atomic E-state index is -0.305. The van der Waals surface area contributed by atoms with Gasteiger partial charge in [0.2, 0.25) is 11.8 Å². The van der Waals surface area contributed by atoms with E-state index in [1.807, 2.05) is 26.0 Å². The third-order valence-corrected chi connectivity index (χ3v) is 5.68. The molecule has 0 aliphatic heterocycles. The van der Waals surface area contributed by atoms with Gasteiger partial charge in [-0.05, 0) is 44.7 Å². The van der Waals surface area contributed by atoms with Crippen LogP contribution in [0.2, 0.25) is 5.15 Å². The Hall–Kier alpha value is -3.64. The first-order valence-electron chi connectivity index (χ1n) is 10.5. The predicted molar refractivity (Wildman–Crippen MR) is 123 cm³/mol. The second-order valence-electron chi connectivity index (χ2n) is 7.91. The first kappa shape index (κ1) is 22.6. The molecule has 1 saturated carbocycles. The Morgan fingerprint density at radius 2 is 2.12 bits per heavy atom. The molecule has 3 aromatic rings. The van der Waals surface area contributed by atoms with Gasteiger partial charge in [0.25, 0.3) is 5.56 Å². The van der Waals surface area contributed by atoms with Gasteiger partial charge < -0.3 is 19.4 Å². The van der Waals surface area contributed by atoms with Gasteiger partial charge in [0.15, 0.2) is 5.82 Å². The topological polar surface area (TPSA) is 115 Å². The summed E-state index contributed by atoms with van der Waals surface area (Å²) < 4.78 is 12.7. The van der Waals surface area contributed by atoms with E-state index < -0.39 is 0 Å². The molecule has 0 bridgehead atoms. The number of pyridine rings is 2. The van der Waals surface area contributed by atoms with Gasteiger partial charge in [0, 0.05) is 24.0 Å². The van der Waals surface area contributed by atoms with E-state index in [9.17, 15) is 4.79 Å². The minimum absolute atomic E-state index is 0.110. The molecule has 1 aliphatic carbocycles. The van der Waals surface area contributed by atoms with Crippen LogP contribution in [0.5, 0.6) is 11.8 Å². The van der Waals surface area contributed by atoms with E-state index in [1.165, 1.54) is 12.4 Å². The van der Waals surface area contributed by atoms with Crippen LogP contribution in [-0.2, 0) is 0 Å². The summed E-state index contributed by atoms with van der Waals surface area (Å²) >= 11 is 6.30. The molecule has 0 saturated heterocycles. The molecular formula is C23H23ClN6O3. The third-order valence-electron chi connectivity index (χ3n) is 5.50. The van der Waals surface area contributed by atoms with Crippen molar-refractivity contribution < 1.29 is 9.47 Å². The summed E-state index contributed by atoms with van der Waals surface area (Å²) in [6.07, 6.45) is 4.97. The second kappa shape index (κ2) is 9.46. The average molecular weight is 467 g/mol. The molecule has 1 N–H and O–H groups in total. The van der Waals surface area contributed by atoms with Crippen molar-refractivity contribution >= 4 is 23.1 Å². The maximum atomic E-state index is 13.3. The molecule has 3 aromatic heterocycles. The van der Waals surface area contributed by atoms with Gasteiger partial charge in [-0.1, -0.05) is 11.6 Å². The lowest BCUT2D eigenvalue weighted by Gasteiger charge is -2.21. The van der Waals surface area contributed by atoms with E-state index in [0.29, 0.717) is 34.6 Å². The lowest BCUT2D eigenvalue weighted by molar-refractivity contribution is 0.222. The Morgan fingerprint density at radius 3 is 2.76 bits per heavy atom. The van der Waals surface area contributed by atoms with Crippen LogP contribution < -0.4 is 20.3 Å². The second-order valence-corrected chi connectivity index (χ2v) is 8.30. The molecule has 1 atom stereocenters. The van der Waals surface area contributed by atoms with Gasteiger partial charge in [-0.15, -0.1) is 0 Å². The van der Waals surface area contributed by atoms with E-state index >= 15 is 0 Å². The number of hydrogen-bond donors (Lipinski definition) is 1. The van der Waals surface area contributed by atoms with Gasteiger partial charge >= 0.3 is 0 Å². The van der Waals surface area contributed by atoms with Crippen molar-refractivity contribution in [3.8, 4) is 17.8 Å². The number of ether oxygens (including phenoxy) is 2. The summed E-state index contributed by atoms with van der Waals surface area (Å²) in [5.41, 5.74) is 2.28. The van der Waals surface area contributed by atoms with E-state index in [0.717, 1.165) is 18.4 Å². The van der Waals surface area contributed by atoms with Crippen LogP contribution >= 0.6 is 11.6 Å². The fourth-order valence-electron chi connectivity index (χ4n) is 3.58. The fraction of sp³-hybridized carbons (Fsp3) is 0.348. The van der Waals surface area contributed by atoms with Crippen LogP contribution in [0.25, 0.3) is 0 Å². The van der Waals surface area contributed by atoms with E-state index in [1.54, 1.807) is 23.8 Å². The molecule has 0 aromatic carbocycles. The first-order chi connectivity index (χ1) is 15.9. The summed E-state index contributed by atoms with van der Waals surface area (Å²) in [5, 5.41) is 12.2. The Balaban J connectivity index is 1.61. The average Bonchev–Trinajstić information content (AvgIpc) is 3.64. The minimum Gasteiger partial charge on any atom is -0.481 e. The summed E-state index contributed by atoms with van der Waals surface area (Å²) in [6, 6.07) is 6.92. The highest BCUT2D eigenvalue weighted by Crippen LogP contribution is 2.39. The number of nitriles is 1. The highest BCUT2D eigenvalue weighted by Gasteiger charge is 2.34. The Morgan fingerprint density at radius 1 is 1.33 bits per heavy atom. The molecule has 0 spiro atoms. The molecule has 10 heteroatoms. The van der Waals surface area contributed by atoms with Gasteiger partial charge in [0.1, 0.15) is 17.8 Å². The third kappa shape index (κ3) is 5.07. The Bertz CT molecular complexity index is 1260. The van der Waals surface area contributed by atoms with Crippen molar-refractivity contribution in [3.63, 3.8) is 0 Å². The van der Waals surface area contributed by atoms with Gasteiger partial charge in [-0.25, -0.2) is 15.0 Å². The predicted octanol–water partition coefficient (Wildman–Crippen LogP) is 3.96. The van der Waals surface area contributed by atoms with Crippen molar-refractivity contribution in [2.45, 2.75) is 32.7 Å². The number of nitrogens with zero attached hydrogens (tertiary/aromatic N) is 5. The molecule has 0 unspecified atom stereocenters. The van der Waals surface area contributed by atoms with Crippen molar-refractivity contribution in [1.82, 2.24) is 19.5 Å². The number of rotatable bonds is 8. The lowest BCUT2D eigenvalue weighted by Crippen LogP contribution is -2.31.